The lowest BCUT2D eigenvalue weighted by molar-refractivity contribution is 0.00313. The highest BCUT2D eigenvalue weighted by atomic mass is 35.5. The van der Waals surface area contributed by atoms with Crippen LogP contribution in [-0.4, -0.2) is 47.5 Å². The quantitative estimate of drug-likeness (QED) is 0.890. The Bertz CT molecular complexity index is 774. The van der Waals surface area contributed by atoms with Gasteiger partial charge < -0.3 is 19.5 Å². The summed E-state index contributed by atoms with van der Waals surface area (Å²) in [7, 11) is 0. The Hall–Kier alpha value is -1.89. The molecule has 24 heavy (non-hydrogen) atoms. The van der Waals surface area contributed by atoms with E-state index in [2.05, 4.69) is 9.97 Å². The SMILES string of the molecule is [2H]C([2H])([2H])c1cccc(Cl)c1COc1cnc(N2CCO[C@H](CO)C2)nc1. The molecule has 128 valence electrons. The van der Waals surface area contributed by atoms with Crippen LogP contribution in [-0.2, 0) is 11.3 Å². The molecule has 0 aliphatic carbocycles. The zero-order chi connectivity index (χ0) is 19.4. The average Bonchev–Trinajstić information content (AvgIpc) is 2.66. The van der Waals surface area contributed by atoms with E-state index in [1.807, 2.05) is 4.90 Å². The molecular formula is C17H20ClN3O3. The summed E-state index contributed by atoms with van der Waals surface area (Å²) < 4.78 is 33.9. The van der Waals surface area contributed by atoms with E-state index < -0.39 is 6.85 Å². The number of aliphatic hydroxyl groups excluding tert-OH is 1. The van der Waals surface area contributed by atoms with Gasteiger partial charge in [-0.2, -0.15) is 0 Å². The molecule has 1 aromatic carbocycles. The summed E-state index contributed by atoms with van der Waals surface area (Å²) >= 11 is 6.16. The van der Waals surface area contributed by atoms with Gasteiger partial charge in [0.1, 0.15) is 6.61 Å². The Morgan fingerprint density at radius 2 is 2.29 bits per heavy atom. The topological polar surface area (TPSA) is 67.7 Å². The minimum absolute atomic E-state index is 0.000242. The molecule has 3 rings (SSSR count). The zero-order valence-corrected chi connectivity index (χ0v) is 13.7. The minimum Gasteiger partial charge on any atom is -0.486 e. The molecule has 1 saturated heterocycles. The average molecular weight is 353 g/mol. The molecule has 1 aromatic heterocycles. The van der Waals surface area contributed by atoms with Crippen molar-refractivity contribution < 1.29 is 18.7 Å². The second kappa shape index (κ2) is 7.79. The first-order valence-corrected chi connectivity index (χ1v) is 7.96. The van der Waals surface area contributed by atoms with Crippen LogP contribution in [0.2, 0.25) is 5.02 Å². The van der Waals surface area contributed by atoms with Crippen LogP contribution in [0.3, 0.4) is 0 Å². The lowest BCUT2D eigenvalue weighted by atomic mass is 10.1. The summed E-state index contributed by atoms with van der Waals surface area (Å²) in [6.07, 6.45) is 2.80. The van der Waals surface area contributed by atoms with E-state index in [0.29, 0.717) is 42.0 Å². The van der Waals surface area contributed by atoms with Gasteiger partial charge in [0, 0.05) is 27.8 Å². The number of halogens is 1. The highest BCUT2D eigenvalue weighted by Gasteiger charge is 2.21. The maximum Gasteiger partial charge on any atom is 0.225 e. The van der Waals surface area contributed by atoms with Crippen LogP contribution >= 0.6 is 11.6 Å². The number of rotatable bonds is 5. The fourth-order valence-electron chi connectivity index (χ4n) is 2.42. The number of anilines is 1. The first-order valence-electron chi connectivity index (χ1n) is 9.08. The monoisotopic (exact) mass is 352 g/mol. The van der Waals surface area contributed by atoms with Crippen LogP contribution in [0, 0.1) is 6.85 Å². The molecule has 0 unspecified atom stereocenters. The number of aryl methyl sites for hydroxylation is 1. The maximum absolute atomic E-state index is 9.22. The molecule has 7 heteroatoms. The molecule has 0 spiro atoms. The number of benzene rings is 1. The van der Waals surface area contributed by atoms with Crippen molar-refractivity contribution in [1.29, 1.82) is 0 Å². The van der Waals surface area contributed by atoms with Gasteiger partial charge in [-0.3, -0.25) is 0 Å². The van der Waals surface area contributed by atoms with Gasteiger partial charge in [0.15, 0.2) is 5.75 Å². The number of ether oxygens (including phenoxy) is 2. The number of morpholine rings is 1. The lowest BCUT2D eigenvalue weighted by Crippen LogP contribution is -2.44. The molecule has 1 aliphatic heterocycles. The Morgan fingerprint density at radius 3 is 3.04 bits per heavy atom. The summed E-state index contributed by atoms with van der Waals surface area (Å²) in [5.74, 6) is 0.923. The Kier molecular flexibility index (Phi) is 4.35. The largest absolute Gasteiger partial charge is 0.486 e. The van der Waals surface area contributed by atoms with Gasteiger partial charge in [-0.25, -0.2) is 9.97 Å². The lowest BCUT2D eigenvalue weighted by Gasteiger charge is -2.31. The van der Waals surface area contributed by atoms with Gasteiger partial charge in [-0.05, 0) is 18.5 Å². The second-order valence-corrected chi connectivity index (χ2v) is 5.80. The predicted molar refractivity (Wildman–Crippen MR) is 91.6 cm³/mol. The fraction of sp³-hybridized carbons (Fsp3) is 0.412. The molecule has 2 heterocycles. The van der Waals surface area contributed by atoms with Crippen LogP contribution in [0.1, 0.15) is 15.2 Å². The van der Waals surface area contributed by atoms with E-state index in [0.717, 1.165) is 0 Å². The van der Waals surface area contributed by atoms with Crippen molar-refractivity contribution in [3.05, 3.63) is 46.7 Å². The normalized spacial score (nSPS) is 20.2. The Labute approximate surface area is 150 Å². The molecule has 0 amide bonds. The molecule has 0 saturated carbocycles. The van der Waals surface area contributed by atoms with Gasteiger partial charge >= 0.3 is 0 Å². The number of nitrogens with zero attached hydrogens (tertiary/aromatic N) is 3. The van der Waals surface area contributed by atoms with E-state index in [4.69, 9.17) is 25.2 Å². The van der Waals surface area contributed by atoms with E-state index in [1.54, 1.807) is 12.1 Å². The van der Waals surface area contributed by atoms with Crippen molar-refractivity contribution in [1.82, 2.24) is 9.97 Å². The van der Waals surface area contributed by atoms with Gasteiger partial charge in [0.25, 0.3) is 0 Å². The summed E-state index contributed by atoms with van der Waals surface area (Å²) in [6, 6.07) is 4.76. The predicted octanol–water partition coefficient (Wildman–Crippen LogP) is 2.21. The first kappa shape index (κ1) is 13.4. The van der Waals surface area contributed by atoms with Crippen molar-refractivity contribution in [3.8, 4) is 5.75 Å². The third-order valence-electron chi connectivity index (χ3n) is 3.74. The summed E-state index contributed by atoms with van der Waals surface area (Å²) in [5.41, 5.74) is 0.582. The van der Waals surface area contributed by atoms with Crippen molar-refractivity contribution >= 4 is 17.5 Å². The summed E-state index contributed by atoms with van der Waals surface area (Å²) in [4.78, 5) is 10.5. The smallest absolute Gasteiger partial charge is 0.225 e. The molecule has 1 aliphatic rings. The van der Waals surface area contributed by atoms with Crippen LogP contribution in [0.4, 0.5) is 5.95 Å². The van der Waals surface area contributed by atoms with Gasteiger partial charge in [0.05, 0.1) is 31.7 Å². The molecular weight excluding hydrogens is 330 g/mol. The van der Waals surface area contributed by atoms with Crippen LogP contribution < -0.4 is 9.64 Å². The highest BCUT2D eigenvalue weighted by molar-refractivity contribution is 6.31. The van der Waals surface area contributed by atoms with Gasteiger partial charge in [-0.15, -0.1) is 0 Å². The standard InChI is InChI=1S/C17H20ClN3O3/c1-12-3-2-4-16(18)15(12)11-24-13-7-19-17(20-8-13)21-5-6-23-14(9-21)10-22/h2-4,7-8,14,22H,5-6,9-11H2,1H3/t14-/m0/s1/i1D3. The molecule has 0 radical (unpaired) electrons. The van der Waals surface area contributed by atoms with Crippen molar-refractivity contribution in [3.63, 3.8) is 0 Å². The molecule has 2 aromatic rings. The maximum atomic E-state index is 9.22. The second-order valence-electron chi connectivity index (χ2n) is 5.39. The van der Waals surface area contributed by atoms with Crippen molar-refractivity contribution in [2.24, 2.45) is 0 Å². The van der Waals surface area contributed by atoms with Gasteiger partial charge in [0.2, 0.25) is 5.95 Å². The zero-order valence-electron chi connectivity index (χ0n) is 16.0. The van der Waals surface area contributed by atoms with Crippen LogP contribution in [0.25, 0.3) is 0 Å². The number of aliphatic hydroxyl groups is 1. The minimum atomic E-state index is -2.27. The van der Waals surface area contributed by atoms with Gasteiger partial charge in [-0.1, -0.05) is 23.7 Å². The van der Waals surface area contributed by atoms with E-state index >= 15 is 0 Å². The molecule has 1 fully saturated rings. The molecule has 1 atom stereocenters. The molecule has 6 nitrogen and oxygen atoms in total. The Balaban J connectivity index is 1.68. The number of hydrogen-bond donors (Lipinski definition) is 1. The summed E-state index contributed by atoms with van der Waals surface area (Å²) in [6.45, 7) is -0.682. The van der Waals surface area contributed by atoms with Crippen molar-refractivity contribution in [2.75, 3.05) is 31.2 Å². The molecule has 1 N–H and O–H groups in total. The van der Waals surface area contributed by atoms with Crippen LogP contribution in [0.5, 0.6) is 5.75 Å². The van der Waals surface area contributed by atoms with Crippen molar-refractivity contribution in [2.45, 2.75) is 19.6 Å². The third kappa shape index (κ3) is 3.95. The van der Waals surface area contributed by atoms with E-state index in [9.17, 15) is 5.11 Å². The van der Waals surface area contributed by atoms with Crippen LogP contribution in [0.15, 0.2) is 30.6 Å². The number of hydrogen-bond acceptors (Lipinski definition) is 6. The molecule has 0 bridgehead atoms. The third-order valence-corrected chi connectivity index (χ3v) is 4.10. The Morgan fingerprint density at radius 1 is 1.46 bits per heavy atom. The first-order chi connectivity index (χ1) is 12.9. The number of aromatic nitrogens is 2. The van der Waals surface area contributed by atoms with E-state index in [-0.39, 0.29) is 24.9 Å². The summed E-state index contributed by atoms with van der Waals surface area (Å²) in [5, 5.41) is 9.55. The van der Waals surface area contributed by atoms with E-state index in [1.165, 1.54) is 18.5 Å². The fourth-order valence-corrected chi connectivity index (χ4v) is 2.65. The highest BCUT2D eigenvalue weighted by Crippen LogP contribution is 2.22.